The minimum atomic E-state index is -4.40. The van der Waals surface area contributed by atoms with Gasteiger partial charge in [0.05, 0.1) is 5.56 Å². The van der Waals surface area contributed by atoms with Gasteiger partial charge in [-0.3, -0.25) is 4.79 Å². The number of alkyl halides is 3. The third kappa shape index (κ3) is 5.32. The Hall–Kier alpha value is -3.16. The number of benzene rings is 3. The van der Waals surface area contributed by atoms with E-state index in [0.717, 1.165) is 43.6 Å². The molecule has 0 aromatic heterocycles. The fourth-order valence-corrected chi connectivity index (χ4v) is 4.51. The molecule has 178 valence electrons. The Morgan fingerprint density at radius 1 is 0.971 bits per heavy atom. The van der Waals surface area contributed by atoms with Gasteiger partial charge < -0.3 is 16.0 Å². The number of fused-ring (bicyclic) bond motifs is 1. The Balaban J connectivity index is 1.53. The molecular formula is C27H28F3N3O. The zero-order valence-corrected chi connectivity index (χ0v) is 19.2. The van der Waals surface area contributed by atoms with Crippen LogP contribution in [0.4, 0.5) is 18.9 Å². The summed E-state index contributed by atoms with van der Waals surface area (Å²) >= 11 is 0. The lowest BCUT2D eigenvalue weighted by atomic mass is 9.93. The molecule has 0 spiro atoms. The number of halogens is 3. The van der Waals surface area contributed by atoms with Gasteiger partial charge in [0.2, 0.25) is 0 Å². The standard InChI is InChI=1S/C27H28F3N3O/c1-17-4-3-5-24(25(17)18-6-9-21(10-7-18)27(28,29)30)26(34)33-22-11-8-19-14-23(16-20(19)15-22)32-13-12-31-2/h3-11,15,23,31-32H,12-14,16H2,1-2H3,(H,33,34). The van der Waals surface area contributed by atoms with Gasteiger partial charge in [-0.2, -0.15) is 13.2 Å². The predicted octanol–water partition coefficient (Wildman–Crippen LogP) is 5.21. The van der Waals surface area contributed by atoms with Gasteiger partial charge in [-0.1, -0.05) is 30.3 Å². The van der Waals surface area contributed by atoms with Crippen molar-refractivity contribution in [2.24, 2.45) is 0 Å². The number of anilines is 1. The topological polar surface area (TPSA) is 53.2 Å². The van der Waals surface area contributed by atoms with Crippen LogP contribution in [0.1, 0.15) is 32.6 Å². The minimum Gasteiger partial charge on any atom is -0.322 e. The van der Waals surface area contributed by atoms with Crippen molar-refractivity contribution in [2.45, 2.75) is 32.0 Å². The molecule has 1 aliphatic rings. The van der Waals surface area contributed by atoms with Gasteiger partial charge in [0, 0.05) is 30.4 Å². The van der Waals surface area contributed by atoms with E-state index < -0.39 is 11.7 Å². The van der Waals surface area contributed by atoms with E-state index in [1.165, 1.54) is 23.3 Å². The number of carbonyl (C=O) groups excluding carboxylic acids is 1. The third-order valence-corrected chi connectivity index (χ3v) is 6.22. The first-order chi connectivity index (χ1) is 16.3. The summed E-state index contributed by atoms with van der Waals surface area (Å²) in [5.41, 5.74) is 4.92. The number of aryl methyl sites for hydroxylation is 1. The highest BCUT2D eigenvalue weighted by molar-refractivity contribution is 6.09. The first-order valence-corrected chi connectivity index (χ1v) is 11.3. The number of nitrogens with one attached hydrogen (secondary N) is 3. The average molecular weight is 468 g/mol. The number of amides is 1. The van der Waals surface area contributed by atoms with Gasteiger partial charge in [0.25, 0.3) is 5.91 Å². The summed E-state index contributed by atoms with van der Waals surface area (Å²) in [4.78, 5) is 13.2. The summed E-state index contributed by atoms with van der Waals surface area (Å²) in [5, 5.41) is 9.65. The van der Waals surface area contributed by atoms with Crippen molar-refractivity contribution >= 4 is 11.6 Å². The van der Waals surface area contributed by atoms with Crippen molar-refractivity contribution in [1.29, 1.82) is 0 Å². The maximum atomic E-state index is 13.2. The summed E-state index contributed by atoms with van der Waals surface area (Å²) in [6.45, 7) is 3.66. The van der Waals surface area contributed by atoms with Gasteiger partial charge >= 0.3 is 6.18 Å². The SMILES string of the molecule is CNCCNC1Cc2ccc(NC(=O)c3cccc(C)c3-c3ccc(C(F)(F)F)cc3)cc2C1. The highest BCUT2D eigenvalue weighted by atomic mass is 19.4. The van der Waals surface area contributed by atoms with E-state index in [1.54, 1.807) is 12.1 Å². The minimum absolute atomic E-state index is 0.291. The summed E-state index contributed by atoms with van der Waals surface area (Å²) in [5.74, 6) is -0.291. The van der Waals surface area contributed by atoms with Crippen LogP contribution in [-0.4, -0.2) is 32.1 Å². The summed E-state index contributed by atoms with van der Waals surface area (Å²) in [6, 6.07) is 16.6. The van der Waals surface area contributed by atoms with Gasteiger partial charge in [-0.05, 0) is 85.0 Å². The summed E-state index contributed by atoms with van der Waals surface area (Å²) in [6.07, 6.45) is -2.54. The van der Waals surface area contributed by atoms with Gasteiger partial charge in [0.1, 0.15) is 0 Å². The van der Waals surface area contributed by atoms with Crippen LogP contribution in [0.3, 0.4) is 0 Å². The van der Waals surface area contributed by atoms with E-state index in [1.807, 2.05) is 32.2 Å². The lowest BCUT2D eigenvalue weighted by Gasteiger charge is -2.15. The Bertz CT molecular complexity index is 1170. The lowest BCUT2D eigenvalue weighted by molar-refractivity contribution is -0.137. The number of hydrogen-bond donors (Lipinski definition) is 3. The highest BCUT2D eigenvalue weighted by Gasteiger charge is 2.30. The monoisotopic (exact) mass is 467 g/mol. The van der Waals surface area contributed by atoms with Gasteiger partial charge in [-0.15, -0.1) is 0 Å². The van der Waals surface area contributed by atoms with Crippen LogP contribution in [0.5, 0.6) is 0 Å². The van der Waals surface area contributed by atoms with Crippen LogP contribution in [0.25, 0.3) is 11.1 Å². The average Bonchev–Trinajstić information content (AvgIpc) is 3.20. The van der Waals surface area contributed by atoms with Crippen molar-refractivity contribution in [3.05, 3.63) is 88.5 Å². The number of carbonyl (C=O) groups is 1. The molecule has 0 saturated heterocycles. The molecule has 34 heavy (non-hydrogen) atoms. The summed E-state index contributed by atoms with van der Waals surface area (Å²) < 4.78 is 38.9. The predicted molar refractivity (Wildman–Crippen MR) is 129 cm³/mol. The highest BCUT2D eigenvalue weighted by Crippen LogP contribution is 2.33. The quantitative estimate of drug-likeness (QED) is 0.418. The van der Waals surface area contributed by atoms with E-state index in [-0.39, 0.29) is 5.91 Å². The van der Waals surface area contributed by atoms with Crippen LogP contribution >= 0.6 is 0 Å². The first-order valence-electron chi connectivity index (χ1n) is 11.3. The third-order valence-electron chi connectivity index (χ3n) is 6.22. The van der Waals surface area contributed by atoms with Crippen molar-refractivity contribution < 1.29 is 18.0 Å². The molecule has 7 heteroatoms. The summed E-state index contributed by atoms with van der Waals surface area (Å²) in [7, 11) is 1.93. The van der Waals surface area contributed by atoms with Crippen LogP contribution in [0.15, 0.2) is 60.7 Å². The van der Waals surface area contributed by atoms with Crippen molar-refractivity contribution in [2.75, 3.05) is 25.5 Å². The molecule has 1 atom stereocenters. The van der Waals surface area contributed by atoms with E-state index >= 15 is 0 Å². The van der Waals surface area contributed by atoms with Gasteiger partial charge in [-0.25, -0.2) is 0 Å². The maximum Gasteiger partial charge on any atom is 0.416 e. The molecule has 0 saturated carbocycles. The maximum absolute atomic E-state index is 13.2. The molecule has 4 nitrogen and oxygen atoms in total. The molecule has 1 amide bonds. The molecule has 0 radical (unpaired) electrons. The molecule has 1 unspecified atom stereocenters. The number of rotatable bonds is 7. The molecule has 3 aromatic rings. The Morgan fingerprint density at radius 3 is 2.41 bits per heavy atom. The van der Waals surface area contributed by atoms with Crippen LogP contribution in [0, 0.1) is 6.92 Å². The largest absolute Gasteiger partial charge is 0.416 e. The molecule has 3 N–H and O–H groups in total. The number of hydrogen-bond acceptors (Lipinski definition) is 3. The molecule has 0 fully saturated rings. The first kappa shape index (κ1) is 24.0. The molecule has 0 heterocycles. The molecule has 0 bridgehead atoms. The zero-order valence-electron chi connectivity index (χ0n) is 19.2. The molecule has 4 rings (SSSR count). The zero-order chi connectivity index (χ0) is 24.3. The van der Waals surface area contributed by atoms with E-state index in [4.69, 9.17) is 0 Å². The normalized spacial score (nSPS) is 15.3. The Morgan fingerprint density at radius 2 is 1.71 bits per heavy atom. The second-order valence-corrected chi connectivity index (χ2v) is 8.67. The van der Waals surface area contributed by atoms with Crippen LogP contribution in [-0.2, 0) is 19.0 Å². The fourth-order valence-electron chi connectivity index (χ4n) is 4.51. The lowest BCUT2D eigenvalue weighted by Crippen LogP contribution is -2.34. The van der Waals surface area contributed by atoms with Crippen molar-refractivity contribution in [1.82, 2.24) is 10.6 Å². The van der Waals surface area contributed by atoms with Crippen molar-refractivity contribution in [3.63, 3.8) is 0 Å². The van der Waals surface area contributed by atoms with E-state index in [2.05, 4.69) is 22.0 Å². The van der Waals surface area contributed by atoms with Crippen molar-refractivity contribution in [3.8, 4) is 11.1 Å². The molecule has 0 aliphatic heterocycles. The van der Waals surface area contributed by atoms with Crippen LogP contribution < -0.4 is 16.0 Å². The molecular weight excluding hydrogens is 439 g/mol. The second kappa shape index (κ2) is 9.99. The van der Waals surface area contributed by atoms with E-state index in [0.29, 0.717) is 28.4 Å². The number of likely N-dealkylation sites (N-methyl/N-ethyl adjacent to an activating group) is 1. The molecule has 1 aliphatic carbocycles. The second-order valence-electron chi connectivity index (χ2n) is 8.67. The smallest absolute Gasteiger partial charge is 0.322 e. The van der Waals surface area contributed by atoms with E-state index in [9.17, 15) is 18.0 Å². The van der Waals surface area contributed by atoms with Gasteiger partial charge in [0.15, 0.2) is 0 Å². The fraction of sp³-hybridized carbons (Fsp3) is 0.296. The molecule has 3 aromatic carbocycles. The Kier molecular flexibility index (Phi) is 7.05. The Labute approximate surface area is 197 Å². The van der Waals surface area contributed by atoms with Crippen LogP contribution in [0.2, 0.25) is 0 Å².